The van der Waals surface area contributed by atoms with Gasteiger partial charge in [0.25, 0.3) is 0 Å². The number of carbonyl (C=O) groups excluding carboxylic acids is 2. The lowest BCUT2D eigenvalue weighted by Crippen LogP contribution is -2.71. The van der Waals surface area contributed by atoms with Crippen LogP contribution in [0.15, 0.2) is 0 Å². The van der Waals surface area contributed by atoms with Crippen LogP contribution in [0.5, 0.6) is 0 Å². The molecule has 2 rings (SSSR count). The van der Waals surface area contributed by atoms with Crippen molar-refractivity contribution in [3.63, 3.8) is 0 Å². The fourth-order valence-corrected chi connectivity index (χ4v) is 3.61. The molecule has 2 atom stereocenters. The van der Waals surface area contributed by atoms with Gasteiger partial charge in [0.15, 0.2) is 0 Å². The van der Waals surface area contributed by atoms with Crippen LogP contribution in [0.4, 0.5) is 0 Å². The van der Waals surface area contributed by atoms with E-state index in [1.807, 2.05) is 11.8 Å². The molecule has 0 bridgehead atoms. The maximum Gasteiger partial charge on any atom is 0.246 e. The van der Waals surface area contributed by atoms with E-state index in [0.717, 1.165) is 38.5 Å². The van der Waals surface area contributed by atoms with E-state index in [4.69, 9.17) is 4.74 Å². The summed E-state index contributed by atoms with van der Waals surface area (Å²) in [4.78, 5) is 27.5. The highest BCUT2D eigenvalue weighted by Crippen LogP contribution is 2.39. The first kappa shape index (κ1) is 16.3. The molecule has 2 amide bonds. The van der Waals surface area contributed by atoms with Gasteiger partial charge in [-0.25, -0.2) is 0 Å². The number of piperazine rings is 1. The molecule has 1 spiro atoms. The maximum atomic E-state index is 12.9. The average molecular weight is 296 g/mol. The summed E-state index contributed by atoms with van der Waals surface area (Å²) in [5, 5.41) is 3.01. The first-order valence-electron chi connectivity index (χ1n) is 8.18. The summed E-state index contributed by atoms with van der Waals surface area (Å²) in [5.74, 6) is 0.328. The molecule has 1 saturated heterocycles. The van der Waals surface area contributed by atoms with Gasteiger partial charge in [-0.3, -0.25) is 9.59 Å². The van der Waals surface area contributed by atoms with Crippen LogP contribution in [0.1, 0.15) is 52.4 Å². The number of methoxy groups -OCH3 is 1. The summed E-state index contributed by atoms with van der Waals surface area (Å²) in [6.07, 6.45) is 5.31. The van der Waals surface area contributed by atoms with Crippen molar-refractivity contribution < 1.29 is 14.3 Å². The molecule has 2 fully saturated rings. The molecule has 5 heteroatoms. The second kappa shape index (κ2) is 6.77. The predicted molar refractivity (Wildman–Crippen MR) is 80.8 cm³/mol. The smallest absolute Gasteiger partial charge is 0.246 e. The largest absolute Gasteiger partial charge is 0.385 e. The molecular formula is C16H28N2O3. The van der Waals surface area contributed by atoms with Gasteiger partial charge < -0.3 is 15.0 Å². The lowest BCUT2D eigenvalue weighted by atomic mass is 9.85. The Hall–Kier alpha value is -1.10. The lowest BCUT2D eigenvalue weighted by Gasteiger charge is -2.47. The zero-order chi connectivity index (χ0) is 15.5. The van der Waals surface area contributed by atoms with Crippen LogP contribution in [0, 0.1) is 5.92 Å². The van der Waals surface area contributed by atoms with Crippen molar-refractivity contribution in [3.05, 3.63) is 0 Å². The monoisotopic (exact) mass is 296 g/mol. The number of nitrogens with one attached hydrogen (secondary N) is 1. The van der Waals surface area contributed by atoms with Crippen molar-refractivity contribution in [1.29, 1.82) is 0 Å². The average Bonchev–Trinajstić information content (AvgIpc) is 2.96. The van der Waals surface area contributed by atoms with Gasteiger partial charge in [-0.15, -0.1) is 0 Å². The van der Waals surface area contributed by atoms with Crippen LogP contribution < -0.4 is 5.32 Å². The molecule has 1 saturated carbocycles. The number of hydrogen-bond acceptors (Lipinski definition) is 3. The molecule has 0 aromatic carbocycles. The van der Waals surface area contributed by atoms with Crippen molar-refractivity contribution in [2.45, 2.75) is 64.0 Å². The molecule has 0 aromatic rings. The van der Waals surface area contributed by atoms with Gasteiger partial charge in [0, 0.05) is 20.3 Å². The Morgan fingerprint density at radius 1 is 1.38 bits per heavy atom. The fourth-order valence-electron chi connectivity index (χ4n) is 3.61. The topological polar surface area (TPSA) is 58.6 Å². The lowest BCUT2D eigenvalue weighted by molar-refractivity contribution is -0.159. The summed E-state index contributed by atoms with van der Waals surface area (Å²) >= 11 is 0. The molecule has 1 heterocycles. The van der Waals surface area contributed by atoms with Gasteiger partial charge in [-0.05, 0) is 25.2 Å². The predicted octanol–water partition coefficient (Wildman–Crippen LogP) is 1.71. The van der Waals surface area contributed by atoms with Crippen molar-refractivity contribution in [2.24, 2.45) is 5.92 Å². The zero-order valence-corrected chi connectivity index (χ0v) is 13.5. The van der Waals surface area contributed by atoms with Crippen molar-refractivity contribution >= 4 is 11.8 Å². The third kappa shape index (κ3) is 2.93. The first-order chi connectivity index (χ1) is 10.1. The van der Waals surface area contributed by atoms with Crippen LogP contribution in [-0.2, 0) is 14.3 Å². The molecule has 2 aliphatic rings. The standard InChI is InChI=1S/C16H28N2O3/c1-4-12(2)13-14(19)18(10-7-11-21-3)16(15(20)17-13)8-5-6-9-16/h12-13H,4-11H2,1-3H3,(H,17,20). The van der Waals surface area contributed by atoms with Gasteiger partial charge in [0.05, 0.1) is 0 Å². The molecular weight excluding hydrogens is 268 g/mol. The number of hydrogen-bond donors (Lipinski definition) is 1. The molecule has 1 aliphatic heterocycles. The van der Waals surface area contributed by atoms with E-state index in [-0.39, 0.29) is 23.8 Å². The summed E-state index contributed by atoms with van der Waals surface area (Å²) in [5.41, 5.74) is -0.589. The SMILES string of the molecule is CCC(C)C1NC(=O)C2(CCCC2)N(CCCOC)C1=O. The minimum absolute atomic E-state index is 0.0577. The summed E-state index contributed by atoms with van der Waals surface area (Å²) < 4.78 is 5.10. The Morgan fingerprint density at radius 2 is 2.05 bits per heavy atom. The number of nitrogens with zero attached hydrogens (tertiary/aromatic N) is 1. The van der Waals surface area contributed by atoms with Crippen molar-refractivity contribution in [1.82, 2.24) is 10.2 Å². The first-order valence-corrected chi connectivity index (χ1v) is 8.18. The van der Waals surface area contributed by atoms with Crippen LogP contribution >= 0.6 is 0 Å². The van der Waals surface area contributed by atoms with Crippen molar-refractivity contribution in [2.75, 3.05) is 20.3 Å². The van der Waals surface area contributed by atoms with E-state index in [9.17, 15) is 9.59 Å². The third-order valence-corrected chi connectivity index (χ3v) is 5.13. The second-order valence-electron chi connectivity index (χ2n) is 6.41. The number of carbonyl (C=O) groups is 2. The maximum absolute atomic E-state index is 12.9. The van der Waals surface area contributed by atoms with E-state index < -0.39 is 5.54 Å². The minimum Gasteiger partial charge on any atom is -0.385 e. The van der Waals surface area contributed by atoms with Gasteiger partial charge in [-0.1, -0.05) is 33.1 Å². The zero-order valence-electron chi connectivity index (χ0n) is 13.5. The quantitative estimate of drug-likeness (QED) is 0.759. The Labute approximate surface area is 127 Å². The number of amides is 2. The Morgan fingerprint density at radius 3 is 2.62 bits per heavy atom. The molecule has 5 nitrogen and oxygen atoms in total. The van der Waals surface area contributed by atoms with E-state index in [2.05, 4.69) is 12.2 Å². The molecule has 1 aliphatic carbocycles. The van der Waals surface area contributed by atoms with Crippen LogP contribution in [0.2, 0.25) is 0 Å². The Kier molecular flexibility index (Phi) is 5.25. The summed E-state index contributed by atoms with van der Waals surface area (Å²) in [6, 6.07) is -0.365. The van der Waals surface area contributed by atoms with E-state index >= 15 is 0 Å². The Balaban J connectivity index is 2.21. The van der Waals surface area contributed by atoms with Gasteiger partial charge in [0.2, 0.25) is 11.8 Å². The number of rotatable bonds is 6. The summed E-state index contributed by atoms with van der Waals surface area (Å²) in [7, 11) is 1.66. The minimum atomic E-state index is -0.589. The molecule has 120 valence electrons. The van der Waals surface area contributed by atoms with Gasteiger partial charge in [0.1, 0.15) is 11.6 Å². The van der Waals surface area contributed by atoms with Gasteiger partial charge in [-0.2, -0.15) is 0 Å². The third-order valence-electron chi connectivity index (χ3n) is 5.13. The normalized spacial score (nSPS) is 26.2. The van der Waals surface area contributed by atoms with E-state index in [1.54, 1.807) is 7.11 Å². The highest BCUT2D eigenvalue weighted by molar-refractivity contribution is 6.00. The number of ether oxygens (including phenoxy) is 1. The molecule has 2 unspecified atom stereocenters. The second-order valence-corrected chi connectivity index (χ2v) is 6.41. The fraction of sp³-hybridized carbons (Fsp3) is 0.875. The highest BCUT2D eigenvalue weighted by Gasteiger charge is 2.53. The molecule has 1 N–H and O–H groups in total. The molecule has 21 heavy (non-hydrogen) atoms. The van der Waals surface area contributed by atoms with E-state index in [1.165, 1.54) is 0 Å². The highest BCUT2D eigenvalue weighted by atomic mass is 16.5. The van der Waals surface area contributed by atoms with Crippen LogP contribution in [0.3, 0.4) is 0 Å². The Bertz CT molecular complexity index is 391. The van der Waals surface area contributed by atoms with Crippen LogP contribution in [-0.4, -0.2) is 48.6 Å². The van der Waals surface area contributed by atoms with Gasteiger partial charge >= 0.3 is 0 Å². The molecule has 0 radical (unpaired) electrons. The summed E-state index contributed by atoms with van der Waals surface area (Å²) in [6.45, 7) is 5.32. The van der Waals surface area contributed by atoms with Crippen LogP contribution in [0.25, 0.3) is 0 Å². The van der Waals surface area contributed by atoms with E-state index in [0.29, 0.717) is 13.2 Å². The molecule has 0 aromatic heterocycles. The van der Waals surface area contributed by atoms with Crippen molar-refractivity contribution in [3.8, 4) is 0 Å².